The minimum Gasteiger partial charge on any atom is -0.294 e. The predicted molar refractivity (Wildman–Crippen MR) is 37.5 cm³/mol. The molecule has 0 spiro atoms. The van der Waals surface area contributed by atoms with Crippen LogP contribution >= 0.6 is 0 Å². The van der Waals surface area contributed by atoms with E-state index in [-0.39, 0.29) is 23.4 Å². The Morgan fingerprint density at radius 3 is 1.80 bits per heavy atom. The van der Waals surface area contributed by atoms with Crippen LogP contribution in [-0.4, -0.2) is 11.6 Å². The van der Waals surface area contributed by atoms with Crippen molar-refractivity contribution in [1.82, 2.24) is 0 Å². The van der Waals surface area contributed by atoms with Gasteiger partial charge in [0.05, 0.1) is 5.92 Å². The van der Waals surface area contributed by atoms with Crippen LogP contribution in [0.1, 0.15) is 13.8 Å². The lowest BCUT2D eigenvalue weighted by atomic mass is 9.92. The SMILES string of the molecule is CC(C)C1C(=O)C=CC1=O. The van der Waals surface area contributed by atoms with E-state index in [4.69, 9.17) is 0 Å². The van der Waals surface area contributed by atoms with Gasteiger partial charge in [0.25, 0.3) is 0 Å². The van der Waals surface area contributed by atoms with E-state index < -0.39 is 0 Å². The molecule has 0 bridgehead atoms. The summed E-state index contributed by atoms with van der Waals surface area (Å²) < 4.78 is 0. The van der Waals surface area contributed by atoms with E-state index >= 15 is 0 Å². The first-order valence-corrected chi connectivity index (χ1v) is 3.38. The van der Waals surface area contributed by atoms with Crippen LogP contribution in [0.2, 0.25) is 0 Å². The number of ketones is 2. The number of rotatable bonds is 1. The fraction of sp³-hybridized carbons (Fsp3) is 0.500. The number of hydrogen-bond acceptors (Lipinski definition) is 2. The monoisotopic (exact) mass is 138 g/mol. The summed E-state index contributed by atoms with van der Waals surface area (Å²) in [5.74, 6) is -0.338. The molecule has 0 aromatic rings. The third-order valence-corrected chi connectivity index (χ3v) is 1.69. The van der Waals surface area contributed by atoms with Crippen LogP contribution in [0.5, 0.6) is 0 Å². The van der Waals surface area contributed by atoms with Gasteiger partial charge in [-0.25, -0.2) is 0 Å². The summed E-state index contributed by atoms with van der Waals surface area (Å²) >= 11 is 0. The van der Waals surface area contributed by atoms with Gasteiger partial charge in [0.15, 0.2) is 11.6 Å². The summed E-state index contributed by atoms with van der Waals surface area (Å²) in [7, 11) is 0. The molecule has 0 aromatic heterocycles. The molecule has 0 aromatic carbocycles. The average Bonchev–Trinajstić information content (AvgIpc) is 2.11. The Bertz CT molecular complexity index is 183. The second-order valence-corrected chi connectivity index (χ2v) is 2.86. The summed E-state index contributed by atoms with van der Waals surface area (Å²) in [6.07, 6.45) is 2.74. The van der Waals surface area contributed by atoms with Crippen LogP contribution in [-0.2, 0) is 9.59 Å². The van der Waals surface area contributed by atoms with Crippen molar-refractivity contribution in [2.45, 2.75) is 13.8 Å². The highest BCUT2D eigenvalue weighted by Gasteiger charge is 2.30. The lowest BCUT2D eigenvalue weighted by Gasteiger charge is -2.09. The van der Waals surface area contributed by atoms with Crippen molar-refractivity contribution in [2.75, 3.05) is 0 Å². The number of carbonyl (C=O) groups excluding carboxylic acids is 2. The first-order chi connectivity index (χ1) is 4.63. The van der Waals surface area contributed by atoms with Crippen molar-refractivity contribution in [3.05, 3.63) is 12.2 Å². The fourth-order valence-electron chi connectivity index (χ4n) is 1.17. The van der Waals surface area contributed by atoms with Crippen LogP contribution in [0.4, 0.5) is 0 Å². The van der Waals surface area contributed by atoms with Gasteiger partial charge in [-0.3, -0.25) is 9.59 Å². The molecule has 0 N–H and O–H groups in total. The molecule has 2 heteroatoms. The molecule has 0 heterocycles. The maximum atomic E-state index is 10.9. The van der Waals surface area contributed by atoms with E-state index in [0.29, 0.717) is 0 Å². The van der Waals surface area contributed by atoms with Gasteiger partial charge in [0.2, 0.25) is 0 Å². The zero-order valence-electron chi connectivity index (χ0n) is 6.13. The third-order valence-electron chi connectivity index (χ3n) is 1.69. The van der Waals surface area contributed by atoms with Gasteiger partial charge in [-0.05, 0) is 18.1 Å². The second-order valence-electron chi connectivity index (χ2n) is 2.86. The standard InChI is InChI=1S/C8H10O2/c1-5(2)8-6(9)3-4-7(8)10/h3-5,8H,1-2H3. The molecule has 0 radical (unpaired) electrons. The Kier molecular flexibility index (Phi) is 1.70. The predicted octanol–water partition coefficient (Wildman–Crippen LogP) is 0.967. The summed E-state index contributed by atoms with van der Waals surface area (Å²) in [5.41, 5.74) is 0. The molecule has 54 valence electrons. The van der Waals surface area contributed by atoms with Gasteiger partial charge in [0, 0.05) is 0 Å². The number of carbonyl (C=O) groups is 2. The number of allylic oxidation sites excluding steroid dienone is 2. The summed E-state index contributed by atoms with van der Waals surface area (Å²) in [4.78, 5) is 21.8. The summed E-state index contributed by atoms with van der Waals surface area (Å²) in [6, 6.07) is 0. The second kappa shape index (κ2) is 2.37. The van der Waals surface area contributed by atoms with Gasteiger partial charge >= 0.3 is 0 Å². The van der Waals surface area contributed by atoms with E-state index in [1.165, 1.54) is 12.2 Å². The van der Waals surface area contributed by atoms with Crippen LogP contribution in [0.15, 0.2) is 12.2 Å². The highest BCUT2D eigenvalue weighted by atomic mass is 16.2. The molecule has 10 heavy (non-hydrogen) atoms. The molecule has 0 atom stereocenters. The van der Waals surface area contributed by atoms with Gasteiger partial charge < -0.3 is 0 Å². The van der Waals surface area contributed by atoms with Gasteiger partial charge in [-0.2, -0.15) is 0 Å². The Balaban J connectivity index is 2.79. The van der Waals surface area contributed by atoms with E-state index in [2.05, 4.69) is 0 Å². The largest absolute Gasteiger partial charge is 0.294 e. The van der Waals surface area contributed by atoms with Crippen molar-refractivity contribution in [2.24, 2.45) is 11.8 Å². The highest BCUT2D eigenvalue weighted by molar-refractivity contribution is 6.18. The first kappa shape index (κ1) is 7.19. The van der Waals surface area contributed by atoms with Crippen molar-refractivity contribution in [3.8, 4) is 0 Å². The van der Waals surface area contributed by atoms with E-state index in [1.807, 2.05) is 13.8 Å². The molecular weight excluding hydrogens is 128 g/mol. The molecule has 0 unspecified atom stereocenters. The summed E-state index contributed by atoms with van der Waals surface area (Å²) in [6.45, 7) is 3.76. The molecule has 1 rings (SSSR count). The Morgan fingerprint density at radius 1 is 1.20 bits per heavy atom. The molecule has 0 amide bonds. The van der Waals surface area contributed by atoms with E-state index in [9.17, 15) is 9.59 Å². The molecule has 0 fully saturated rings. The normalized spacial score (nSPS) is 19.5. The lowest BCUT2D eigenvalue weighted by molar-refractivity contribution is -0.127. The maximum absolute atomic E-state index is 10.9. The van der Waals surface area contributed by atoms with Crippen LogP contribution in [0, 0.1) is 11.8 Å². The Morgan fingerprint density at radius 2 is 1.60 bits per heavy atom. The van der Waals surface area contributed by atoms with Crippen molar-refractivity contribution >= 4 is 11.6 Å². The van der Waals surface area contributed by atoms with Gasteiger partial charge in [0.1, 0.15) is 0 Å². The quantitative estimate of drug-likeness (QED) is 0.506. The minimum atomic E-state index is -0.389. The van der Waals surface area contributed by atoms with Crippen LogP contribution < -0.4 is 0 Å². The van der Waals surface area contributed by atoms with Crippen LogP contribution in [0.3, 0.4) is 0 Å². The highest BCUT2D eigenvalue weighted by Crippen LogP contribution is 2.19. The van der Waals surface area contributed by atoms with Crippen molar-refractivity contribution < 1.29 is 9.59 Å². The van der Waals surface area contributed by atoms with Crippen molar-refractivity contribution in [1.29, 1.82) is 0 Å². The van der Waals surface area contributed by atoms with Crippen molar-refractivity contribution in [3.63, 3.8) is 0 Å². The van der Waals surface area contributed by atoms with Crippen LogP contribution in [0.25, 0.3) is 0 Å². The average molecular weight is 138 g/mol. The fourth-order valence-corrected chi connectivity index (χ4v) is 1.17. The molecular formula is C8H10O2. The van der Waals surface area contributed by atoms with Gasteiger partial charge in [-0.15, -0.1) is 0 Å². The first-order valence-electron chi connectivity index (χ1n) is 3.38. The summed E-state index contributed by atoms with van der Waals surface area (Å²) in [5, 5.41) is 0. The zero-order valence-corrected chi connectivity index (χ0v) is 6.13. The number of hydrogen-bond donors (Lipinski definition) is 0. The molecule has 1 aliphatic carbocycles. The molecule has 0 saturated heterocycles. The molecule has 0 aliphatic heterocycles. The Labute approximate surface area is 59.9 Å². The zero-order chi connectivity index (χ0) is 7.72. The lowest BCUT2D eigenvalue weighted by Crippen LogP contribution is -2.21. The molecule has 1 aliphatic rings. The van der Waals surface area contributed by atoms with Gasteiger partial charge in [-0.1, -0.05) is 13.8 Å². The molecule has 2 nitrogen and oxygen atoms in total. The van der Waals surface area contributed by atoms with E-state index in [1.54, 1.807) is 0 Å². The third kappa shape index (κ3) is 1.01. The molecule has 0 saturated carbocycles. The Hall–Kier alpha value is -0.920. The minimum absolute atomic E-state index is 0.0417. The topological polar surface area (TPSA) is 34.1 Å². The smallest absolute Gasteiger partial charge is 0.166 e. The van der Waals surface area contributed by atoms with E-state index in [0.717, 1.165) is 0 Å². The maximum Gasteiger partial charge on any atom is 0.166 e.